The smallest absolute Gasteiger partial charge is 0.0457 e. The summed E-state index contributed by atoms with van der Waals surface area (Å²) in [7, 11) is 2.30. The maximum Gasteiger partial charge on any atom is 0.0457 e. The van der Waals surface area contributed by atoms with Gasteiger partial charge in [-0.05, 0) is 43.6 Å². The summed E-state index contributed by atoms with van der Waals surface area (Å²) in [6.07, 6.45) is 5.70. The highest BCUT2D eigenvalue weighted by molar-refractivity contribution is 4.83. The Morgan fingerprint density at radius 1 is 1.20 bits per heavy atom. The zero-order valence-electron chi connectivity index (χ0n) is 14.0. The van der Waals surface area contributed by atoms with Crippen molar-refractivity contribution in [1.29, 1.82) is 0 Å². The van der Waals surface area contributed by atoms with Crippen molar-refractivity contribution in [2.45, 2.75) is 52.5 Å². The van der Waals surface area contributed by atoms with Gasteiger partial charge in [-0.3, -0.25) is 5.32 Å². The predicted octanol–water partition coefficient (Wildman–Crippen LogP) is 2.54. The number of nitrogens with zero attached hydrogens (tertiary/aromatic N) is 1. The van der Waals surface area contributed by atoms with Crippen molar-refractivity contribution in [2.24, 2.45) is 23.7 Å². The van der Waals surface area contributed by atoms with Crippen molar-refractivity contribution >= 4 is 0 Å². The standard InChI is InChI=1S/C17H35N3/c1-5-15(16-7-6-13(2)14(3)8-16)10-20(4)11-17-9-18-12-19-17/h13-19H,5-12H2,1-4H3. The molecule has 0 spiro atoms. The molecule has 5 atom stereocenters. The summed E-state index contributed by atoms with van der Waals surface area (Å²) >= 11 is 0. The number of hydrogen-bond acceptors (Lipinski definition) is 3. The van der Waals surface area contributed by atoms with E-state index in [9.17, 15) is 0 Å². The van der Waals surface area contributed by atoms with Crippen LogP contribution in [0.25, 0.3) is 0 Å². The third-order valence-electron chi connectivity index (χ3n) is 5.81. The average molecular weight is 281 g/mol. The Balaban J connectivity index is 1.78. The summed E-state index contributed by atoms with van der Waals surface area (Å²) in [6, 6.07) is 0.641. The summed E-state index contributed by atoms with van der Waals surface area (Å²) in [6.45, 7) is 11.8. The van der Waals surface area contributed by atoms with Crippen LogP contribution < -0.4 is 10.6 Å². The van der Waals surface area contributed by atoms with Crippen LogP contribution in [0.15, 0.2) is 0 Å². The summed E-state index contributed by atoms with van der Waals surface area (Å²) in [5.41, 5.74) is 0. The lowest BCUT2D eigenvalue weighted by molar-refractivity contribution is 0.124. The maximum absolute atomic E-state index is 3.52. The first-order valence-electron chi connectivity index (χ1n) is 8.72. The molecule has 1 aliphatic carbocycles. The number of likely N-dealkylation sites (N-methyl/N-ethyl adjacent to an activating group) is 1. The Labute approximate surface area is 125 Å². The van der Waals surface area contributed by atoms with Crippen molar-refractivity contribution in [1.82, 2.24) is 15.5 Å². The van der Waals surface area contributed by atoms with Crippen molar-refractivity contribution in [3.63, 3.8) is 0 Å². The molecule has 0 aromatic rings. The molecule has 1 saturated heterocycles. The molecule has 0 aromatic heterocycles. The minimum atomic E-state index is 0.641. The van der Waals surface area contributed by atoms with E-state index in [4.69, 9.17) is 0 Å². The minimum absolute atomic E-state index is 0.641. The summed E-state index contributed by atoms with van der Waals surface area (Å²) in [4.78, 5) is 2.56. The molecular weight excluding hydrogens is 246 g/mol. The molecule has 1 saturated carbocycles. The van der Waals surface area contributed by atoms with Crippen molar-refractivity contribution in [3.8, 4) is 0 Å². The SMILES string of the molecule is CCC(CN(C)CC1CNCN1)C1CCC(C)C(C)C1. The molecule has 0 aromatic carbocycles. The molecule has 3 heteroatoms. The Morgan fingerprint density at radius 2 is 2.00 bits per heavy atom. The van der Waals surface area contributed by atoms with E-state index in [-0.39, 0.29) is 0 Å². The van der Waals surface area contributed by atoms with E-state index in [1.807, 2.05) is 0 Å². The van der Waals surface area contributed by atoms with Gasteiger partial charge in [-0.1, -0.05) is 33.6 Å². The Kier molecular flexibility index (Phi) is 6.31. The van der Waals surface area contributed by atoms with E-state index in [0.29, 0.717) is 6.04 Å². The first-order valence-corrected chi connectivity index (χ1v) is 8.72. The molecule has 5 unspecified atom stereocenters. The second-order valence-corrected chi connectivity index (χ2v) is 7.45. The van der Waals surface area contributed by atoms with Gasteiger partial charge in [-0.25, -0.2) is 0 Å². The van der Waals surface area contributed by atoms with Crippen LogP contribution in [-0.4, -0.2) is 44.3 Å². The largest absolute Gasteiger partial charge is 0.304 e. The molecule has 1 aliphatic heterocycles. The highest BCUT2D eigenvalue weighted by Crippen LogP contribution is 2.38. The molecule has 2 aliphatic rings. The fourth-order valence-corrected chi connectivity index (χ4v) is 4.14. The topological polar surface area (TPSA) is 27.3 Å². The van der Waals surface area contributed by atoms with Gasteiger partial charge in [0.2, 0.25) is 0 Å². The van der Waals surface area contributed by atoms with Gasteiger partial charge >= 0.3 is 0 Å². The zero-order valence-corrected chi connectivity index (χ0v) is 14.0. The molecule has 0 bridgehead atoms. The third-order valence-corrected chi connectivity index (χ3v) is 5.81. The molecule has 2 fully saturated rings. The van der Waals surface area contributed by atoms with E-state index in [1.54, 1.807) is 0 Å². The molecule has 118 valence electrons. The fraction of sp³-hybridized carbons (Fsp3) is 1.00. The third kappa shape index (κ3) is 4.44. The highest BCUT2D eigenvalue weighted by atomic mass is 15.2. The monoisotopic (exact) mass is 281 g/mol. The quantitative estimate of drug-likeness (QED) is 0.783. The highest BCUT2D eigenvalue weighted by Gasteiger charge is 2.30. The maximum atomic E-state index is 3.52. The van der Waals surface area contributed by atoms with Crippen LogP contribution in [0.3, 0.4) is 0 Å². The Hall–Kier alpha value is -0.120. The number of rotatable bonds is 6. The van der Waals surface area contributed by atoms with E-state index in [0.717, 1.165) is 36.9 Å². The molecule has 3 nitrogen and oxygen atoms in total. The lowest BCUT2D eigenvalue weighted by atomic mass is 9.70. The van der Waals surface area contributed by atoms with Crippen LogP contribution >= 0.6 is 0 Å². The molecular formula is C17H35N3. The van der Waals surface area contributed by atoms with Crippen LogP contribution in [0.5, 0.6) is 0 Å². The fourth-order valence-electron chi connectivity index (χ4n) is 4.14. The van der Waals surface area contributed by atoms with Gasteiger partial charge in [-0.2, -0.15) is 0 Å². The van der Waals surface area contributed by atoms with Crippen LogP contribution in [0.4, 0.5) is 0 Å². The van der Waals surface area contributed by atoms with E-state index in [1.165, 1.54) is 38.8 Å². The second-order valence-electron chi connectivity index (χ2n) is 7.45. The average Bonchev–Trinajstić information content (AvgIpc) is 2.92. The van der Waals surface area contributed by atoms with Gasteiger partial charge in [0.15, 0.2) is 0 Å². The lowest BCUT2D eigenvalue weighted by Crippen LogP contribution is -2.41. The van der Waals surface area contributed by atoms with Crippen molar-refractivity contribution in [3.05, 3.63) is 0 Å². The summed E-state index contributed by atoms with van der Waals surface area (Å²) in [5, 5.41) is 6.90. The molecule has 2 rings (SSSR count). The summed E-state index contributed by atoms with van der Waals surface area (Å²) in [5.74, 6) is 3.72. The van der Waals surface area contributed by atoms with Crippen LogP contribution in [0.1, 0.15) is 46.5 Å². The van der Waals surface area contributed by atoms with Gasteiger partial charge in [0.05, 0.1) is 0 Å². The van der Waals surface area contributed by atoms with E-state index < -0.39 is 0 Å². The van der Waals surface area contributed by atoms with Crippen molar-refractivity contribution in [2.75, 3.05) is 33.4 Å². The first kappa shape index (κ1) is 16.3. The van der Waals surface area contributed by atoms with Crippen molar-refractivity contribution < 1.29 is 0 Å². The Morgan fingerprint density at radius 3 is 2.60 bits per heavy atom. The minimum Gasteiger partial charge on any atom is -0.304 e. The Bertz CT molecular complexity index is 275. The predicted molar refractivity (Wildman–Crippen MR) is 86.7 cm³/mol. The second kappa shape index (κ2) is 7.77. The van der Waals surface area contributed by atoms with Gasteiger partial charge in [0.1, 0.15) is 0 Å². The van der Waals surface area contributed by atoms with Crippen LogP contribution in [-0.2, 0) is 0 Å². The summed E-state index contributed by atoms with van der Waals surface area (Å²) < 4.78 is 0. The first-order chi connectivity index (χ1) is 9.60. The van der Waals surface area contributed by atoms with Gasteiger partial charge < -0.3 is 10.2 Å². The van der Waals surface area contributed by atoms with Gasteiger partial charge in [-0.15, -0.1) is 0 Å². The van der Waals surface area contributed by atoms with Crippen LogP contribution in [0, 0.1) is 23.7 Å². The number of nitrogens with one attached hydrogen (secondary N) is 2. The normalized spacial score (nSPS) is 36.5. The lowest BCUT2D eigenvalue weighted by Gasteiger charge is -2.38. The van der Waals surface area contributed by atoms with E-state index in [2.05, 4.69) is 43.4 Å². The molecule has 1 heterocycles. The zero-order chi connectivity index (χ0) is 14.5. The van der Waals surface area contributed by atoms with Gasteiger partial charge in [0, 0.05) is 32.3 Å². The van der Waals surface area contributed by atoms with Crippen LogP contribution in [0.2, 0.25) is 0 Å². The number of hydrogen-bond donors (Lipinski definition) is 2. The van der Waals surface area contributed by atoms with E-state index >= 15 is 0 Å². The molecule has 0 amide bonds. The molecule has 2 N–H and O–H groups in total. The van der Waals surface area contributed by atoms with Gasteiger partial charge in [0.25, 0.3) is 0 Å². The molecule has 20 heavy (non-hydrogen) atoms. The molecule has 0 radical (unpaired) electrons.